The van der Waals surface area contributed by atoms with Gasteiger partial charge in [-0.3, -0.25) is 4.79 Å². The number of halogens is 3. The van der Waals surface area contributed by atoms with Crippen LogP contribution in [0.2, 0.25) is 0 Å². The summed E-state index contributed by atoms with van der Waals surface area (Å²) >= 11 is 0. The van der Waals surface area contributed by atoms with Crippen molar-refractivity contribution in [3.63, 3.8) is 0 Å². The largest absolute Gasteiger partial charge is 0.466 e. The first kappa shape index (κ1) is 19.6. The molecule has 10 heteroatoms. The molecule has 1 unspecified atom stereocenters. The van der Waals surface area contributed by atoms with Crippen LogP contribution in [0.5, 0.6) is 0 Å². The second-order valence-corrected chi connectivity index (χ2v) is 6.41. The fourth-order valence-electron chi connectivity index (χ4n) is 2.69. The minimum absolute atomic E-state index is 0.0833. The maximum atomic E-state index is 13.6. The van der Waals surface area contributed by atoms with Crippen molar-refractivity contribution in [3.05, 3.63) is 53.1 Å². The lowest BCUT2D eigenvalue weighted by molar-refractivity contribution is -0.886. The molecule has 0 aliphatic carbocycles. The summed E-state index contributed by atoms with van der Waals surface area (Å²) in [7, 11) is 1.69. The van der Waals surface area contributed by atoms with E-state index in [9.17, 15) is 18.0 Å². The van der Waals surface area contributed by atoms with Crippen LogP contribution < -0.4 is 10.2 Å². The highest BCUT2D eigenvalue weighted by Crippen LogP contribution is 2.25. The number of anilines is 1. The number of nitrogens with zero attached hydrogens (tertiary/aromatic N) is 2. The summed E-state index contributed by atoms with van der Waals surface area (Å²) in [6.07, 6.45) is 0. The molecule has 1 atom stereocenters. The number of nitrogens with one attached hydrogen (secondary N) is 2. The zero-order valence-electron chi connectivity index (χ0n) is 15.4. The number of benzene rings is 1. The van der Waals surface area contributed by atoms with Gasteiger partial charge in [-0.2, -0.15) is 0 Å². The van der Waals surface area contributed by atoms with Gasteiger partial charge in [-0.25, -0.2) is 13.2 Å². The van der Waals surface area contributed by atoms with Gasteiger partial charge in [0, 0.05) is 0 Å². The SMILES string of the molecule is Cc1cc(-c2nnc(C[NH+](C)CC(=O)Nc3ccc(F)c(F)c3F)o2)c(C)o1. The first-order valence-corrected chi connectivity index (χ1v) is 8.39. The summed E-state index contributed by atoms with van der Waals surface area (Å²) in [5, 5.41) is 10.1. The Morgan fingerprint density at radius 2 is 1.89 bits per heavy atom. The number of hydrogen-bond acceptors (Lipinski definition) is 5. The van der Waals surface area contributed by atoms with Crippen molar-refractivity contribution in [1.29, 1.82) is 0 Å². The molecule has 0 aliphatic rings. The molecule has 28 heavy (non-hydrogen) atoms. The van der Waals surface area contributed by atoms with E-state index in [0.717, 1.165) is 17.9 Å². The average molecular weight is 395 g/mol. The van der Waals surface area contributed by atoms with E-state index >= 15 is 0 Å². The van der Waals surface area contributed by atoms with Crippen LogP contribution in [-0.2, 0) is 11.3 Å². The quantitative estimate of drug-likeness (QED) is 0.624. The Morgan fingerprint density at radius 3 is 2.57 bits per heavy atom. The normalized spacial score (nSPS) is 12.2. The predicted octanol–water partition coefficient (Wildman–Crippen LogP) is 2.02. The number of furan rings is 1. The number of likely N-dealkylation sites (N-methyl/N-ethyl adjacent to an activating group) is 1. The zero-order chi connectivity index (χ0) is 20.4. The number of hydrogen-bond donors (Lipinski definition) is 2. The summed E-state index contributed by atoms with van der Waals surface area (Å²) in [4.78, 5) is 12.7. The maximum absolute atomic E-state index is 13.6. The fraction of sp³-hybridized carbons (Fsp3) is 0.278. The van der Waals surface area contributed by atoms with Crippen LogP contribution in [0.15, 0.2) is 27.0 Å². The highest BCUT2D eigenvalue weighted by Gasteiger charge is 2.20. The van der Waals surface area contributed by atoms with Gasteiger partial charge in [0.25, 0.3) is 17.7 Å². The van der Waals surface area contributed by atoms with E-state index in [2.05, 4.69) is 15.5 Å². The summed E-state index contributed by atoms with van der Waals surface area (Å²) < 4.78 is 50.8. The van der Waals surface area contributed by atoms with Crippen LogP contribution in [0.4, 0.5) is 18.9 Å². The number of aryl methyl sites for hydroxylation is 2. The van der Waals surface area contributed by atoms with Crippen molar-refractivity contribution >= 4 is 11.6 Å². The molecule has 3 rings (SSSR count). The molecule has 3 aromatic rings. The molecule has 148 valence electrons. The van der Waals surface area contributed by atoms with Crippen molar-refractivity contribution in [3.8, 4) is 11.5 Å². The van der Waals surface area contributed by atoms with E-state index in [1.165, 1.54) is 0 Å². The van der Waals surface area contributed by atoms with Crippen LogP contribution in [-0.4, -0.2) is 29.7 Å². The van der Waals surface area contributed by atoms with E-state index in [0.29, 0.717) is 28.0 Å². The van der Waals surface area contributed by atoms with Gasteiger partial charge in [-0.05, 0) is 32.0 Å². The van der Waals surface area contributed by atoms with Crippen molar-refractivity contribution in [2.24, 2.45) is 0 Å². The van der Waals surface area contributed by atoms with E-state index < -0.39 is 29.0 Å². The maximum Gasteiger partial charge on any atom is 0.279 e. The number of aromatic nitrogens is 2. The Balaban J connectivity index is 1.60. The minimum Gasteiger partial charge on any atom is -0.466 e. The van der Waals surface area contributed by atoms with Crippen molar-refractivity contribution in [1.82, 2.24) is 10.2 Å². The monoisotopic (exact) mass is 395 g/mol. The lowest BCUT2D eigenvalue weighted by Gasteiger charge is -2.12. The summed E-state index contributed by atoms with van der Waals surface area (Å²) in [5.74, 6) is -3.00. The number of rotatable bonds is 6. The van der Waals surface area contributed by atoms with Crippen LogP contribution in [0.1, 0.15) is 17.4 Å². The summed E-state index contributed by atoms with van der Waals surface area (Å²) in [6.45, 7) is 3.74. The molecule has 0 saturated carbocycles. The van der Waals surface area contributed by atoms with Gasteiger partial charge >= 0.3 is 0 Å². The topological polar surface area (TPSA) is 85.6 Å². The third-order valence-electron chi connectivity index (χ3n) is 3.96. The van der Waals surface area contributed by atoms with Crippen molar-refractivity contribution in [2.45, 2.75) is 20.4 Å². The minimum atomic E-state index is -1.64. The Bertz CT molecular complexity index is 1020. The van der Waals surface area contributed by atoms with Gasteiger partial charge in [0.2, 0.25) is 0 Å². The third-order valence-corrected chi connectivity index (χ3v) is 3.96. The molecule has 0 spiro atoms. The fourth-order valence-corrected chi connectivity index (χ4v) is 2.69. The Hall–Kier alpha value is -3.14. The molecule has 0 radical (unpaired) electrons. The summed E-state index contributed by atoms with van der Waals surface area (Å²) in [5.41, 5.74) is 0.267. The Kier molecular flexibility index (Phi) is 5.50. The van der Waals surface area contributed by atoms with Gasteiger partial charge in [0.1, 0.15) is 11.5 Å². The molecule has 2 aromatic heterocycles. The van der Waals surface area contributed by atoms with Crippen LogP contribution >= 0.6 is 0 Å². The molecule has 2 N–H and O–H groups in total. The third kappa shape index (κ3) is 4.22. The van der Waals surface area contributed by atoms with Gasteiger partial charge in [0.05, 0.1) is 18.3 Å². The summed E-state index contributed by atoms with van der Waals surface area (Å²) in [6, 6.07) is 3.48. The zero-order valence-corrected chi connectivity index (χ0v) is 15.4. The standard InChI is InChI=1S/C18H17F3N4O3/c1-9-6-11(10(2)27-9)18-24-23-15(28-18)8-25(3)7-14(26)22-13-5-4-12(19)16(20)17(13)21/h4-6H,7-8H2,1-3H3,(H,22,26)/p+1. The first-order valence-electron chi connectivity index (χ1n) is 8.39. The first-order chi connectivity index (χ1) is 13.2. The number of carbonyl (C=O) groups is 1. The molecule has 1 amide bonds. The Labute approximate surface area is 158 Å². The second-order valence-electron chi connectivity index (χ2n) is 6.41. The van der Waals surface area contributed by atoms with E-state index in [-0.39, 0.29) is 13.1 Å². The average Bonchev–Trinajstić information content (AvgIpc) is 3.21. The lowest BCUT2D eigenvalue weighted by Crippen LogP contribution is -3.08. The molecule has 1 aromatic carbocycles. The van der Waals surface area contributed by atoms with Gasteiger partial charge in [0.15, 0.2) is 30.5 Å². The van der Waals surface area contributed by atoms with Gasteiger partial charge in [-0.15, -0.1) is 10.2 Å². The number of quaternary nitrogens is 1. The number of amides is 1. The van der Waals surface area contributed by atoms with Gasteiger partial charge in [-0.1, -0.05) is 0 Å². The predicted molar refractivity (Wildman–Crippen MR) is 91.9 cm³/mol. The molecule has 0 aliphatic heterocycles. The molecular weight excluding hydrogens is 377 g/mol. The lowest BCUT2D eigenvalue weighted by atomic mass is 10.2. The molecule has 2 heterocycles. The highest BCUT2D eigenvalue weighted by atomic mass is 19.2. The molecule has 7 nitrogen and oxygen atoms in total. The van der Waals surface area contributed by atoms with Crippen LogP contribution in [0.3, 0.4) is 0 Å². The van der Waals surface area contributed by atoms with Gasteiger partial charge < -0.3 is 19.1 Å². The smallest absolute Gasteiger partial charge is 0.279 e. The van der Waals surface area contributed by atoms with E-state index in [1.807, 2.05) is 0 Å². The van der Waals surface area contributed by atoms with Crippen molar-refractivity contribution < 1.29 is 31.7 Å². The van der Waals surface area contributed by atoms with E-state index in [1.54, 1.807) is 27.0 Å². The van der Waals surface area contributed by atoms with Crippen LogP contribution in [0, 0.1) is 31.3 Å². The number of carbonyl (C=O) groups excluding carboxylic acids is 1. The molecular formula is C18H18F3N4O3+. The Morgan fingerprint density at radius 1 is 1.14 bits per heavy atom. The van der Waals surface area contributed by atoms with Crippen LogP contribution in [0.25, 0.3) is 11.5 Å². The van der Waals surface area contributed by atoms with E-state index in [4.69, 9.17) is 8.83 Å². The second kappa shape index (κ2) is 7.85. The highest BCUT2D eigenvalue weighted by molar-refractivity contribution is 5.91. The molecule has 0 bridgehead atoms. The molecule has 0 saturated heterocycles. The van der Waals surface area contributed by atoms with Crippen molar-refractivity contribution in [2.75, 3.05) is 18.9 Å². The molecule has 0 fully saturated rings.